The lowest BCUT2D eigenvalue weighted by Crippen LogP contribution is -2.21. The van der Waals surface area contributed by atoms with Crippen molar-refractivity contribution in [1.82, 2.24) is 0 Å². The van der Waals surface area contributed by atoms with Gasteiger partial charge in [0, 0.05) is 29.9 Å². The maximum Gasteiger partial charge on any atom is 0.153 e. The van der Waals surface area contributed by atoms with Gasteiger partial charge < -0.3 is 9.64 Å². The minimum atomic E-state index is 0.402. The van der Waals surface area contributed by atoms with E-state index in [1.54, 1.807) is 6.07 Å². The van der Waals surface area contributed by atoms with Gasteiger partial charge in [0.15, 0.2) is 6.29 Å². The van der Waals surface area contributed by atoms with Crippen LogP contribution in [0.25, 0.3) is 0 Å². The normalized spacial score (nSPS) is 10.3. The van der Waals surface area contributed by atoms with Crippen LogP contribution in [0.3, 0.4) is 0 Å². The van der Waals surface area contributed by atoms with Crippen LogP contribution in [0.2, 0.25) is 5.02 Å². The molecule has 0 bridgehead atoms. The molecule has 3 nitrogen and oxygen atoms in total. The lowest BCUT2D eigenvalue weighted by atomic mass is 10.1. The number of aldehydes is 1. The second-order valence-corrected chi connectivity index (χ2v) is 5.36. The zero-order valence-corrected chi connectivity index (χ0v) is 13.6. The van der Waals surface area contributed by atoms with E-state index < -0.39 is 0 Å². The van der Waals surface area contributed by atoms with E-state index in [1.807, 2.05) is 36.4 Å². The molecule has 0 heterocycles. The standard InChI is InChI=1S/C18H20ClNO2/c1-3-20(4-2)17-10-7-15(12-21)18(11-17)22-13-14-5-8-16(19)9-6-14/h5-12H,3-4,13H2,1-2H3. The van der Waals surface area contributed by atoms with Gasteiger partial charge in [0.2, 0.25) is 0 Å². The number of carbonyl (C=O) groups excluding carboxylic acids is 1. The van der Waals surface area contributed by atoms with Crippen molar-refractivity contribution < 1.29 is 9.53 Å². The fraction of sp³-hybridized carbons (Fsp3) is 0.278. The second kappa shape index (κ2) is 7.85. The van der Waals surface area contributed by atoms with E-state index in [1.165, 1.54) is 0 Å². The zero-order valence-electron chi connectivity index (χ0n) is 12.9. The van der Waals surface area contributed by atoms with Gasteiger partial charge in [-0.1, -0.05) is 23.7 Å². The first kappa shape index (κ1) is 16.4. The molecule has 4 heteroatoms. The Morgan fingerprint density at radius 2 is 1.77 bits per heavy atom. The monoisotopic (exact) mass is 317 g/mol. The summed E-state index contributed by atoms with van der Waals surface area (Å²) in [7, 11) is 0. The number of hydrogen-bond donors (Lipinski definition) is 0. The molecule has 0 saturated carbocycles. The number of ether oxygens (including phenoxy) is 1. The second-order valence-electron chi connectivity index (χ2n) is 4.93. The summed E-state index contributed by atoms with van der Waals surface area (Å²) in [5.41, 5.74) is 2.63. The van der Waals surface area contributed by atoms with Crippen LogP contribution in [0, 0.1) is 0 Å². The lowest BCUT2D eigenvalue weighted by Gasteiger charge is -2.22. The summed E-state index contributed by atoms with van der Waals surface area (Å²) in [6, 6.07) is 13.2. The summed E-state index contributed by atoms with van der Waals surface area (Å²) >= 11 is 5.87. The molecule has 0 aliphatic heterocycles. The van der Waals surface area contributed by atoms with Crippen LogP contribution in [0.5, 0.6) is 5.75 Å². The molecular weight excluding hydrogens is 298 g/mol. The van der Waals surface area contributed by atoms with Crippen LogP contribution in [0.4, 0.5) is 5.69 Å². The highest BCUT2D eigenvalue weighted by Gasteiger charge is 2.08. The van der Waals surface area contributed by atoms with Crippen LogP contribution in [0.15, 0.2) is 42.5 Å². The highest BCUT2D eigenvalue weighted by molar-refractivity contribution is 6.30. The number of hydrogen-bond acceptors (Lipinski definition) is 3. The molecule has 0 aliphatic rings. The van der Waals surface area contributed by atoms with Gasteiger partial charge in [0.1, 0.15) is 12.4 Å². The van der Waals surface area contributed by atoms with Gasteiger partial charge in [-0.25, -0.2) is 0 Å². The summed E-state index contributed by atoms with van der Waals surface area (Å²) in [6.45, 7) is 6.43. The first-order chi connectivity index (χ1) is 10.7. The predicted octanol–water partition coefficient (Wildman–Crippen LogP) is 4.58. The average Bonchev–Trinajstić information content (AvgIpc) is 2.55. The number of anilines is 1. The van der Waals surface area contributed by atoms with E-state index in [4.69, 9.17) is 16.3 Å². The van der Waals surface area contributed by atoms with Gasteiger partial charge in [-0.05, 0) is 43.7 Å². The van der Waals surface area contributed by atoms with Gasteiger partial charge in [0.05, 0.1) is 5.56 Å². The number of halogens is 1. The Kier molecular flexibility index (Phi) is 5.84. The van der Waals surface area contributed by atoms with Crippen molar-refractivity contribution in [3.8, 4) is 5.75 Å². The molecule has 0 saturated heterocycles. The van der Waals surface area contributed by atoms with Crippen LogP contribution < -0.4 is 9.64 Å². The Bertz CT molecular complexity index is 621. The highest BCUT2D eigenvalue weighted by atomic mass is 35.5. The van der Waals surface area contributed by atoms with Gasteiger partial charge in [-0.3, -0.25) is 4.79 Å². The molecule has 0 N–H and O–H groups in total. The molecule has 0 fully saturated rings. The van der Waals surface area contributed by atoms with E-state index in [0.29, 0.717) is 22.9 Å². The highest BCUT2D eigenvalue weighted by Crippen LogP contribution is 2.26. The minimum absolute atomic E-state index is 0.402. The van der Waals surface area contributed by atoms with E-state index >= 15 is 0 Å². The van der Waals surface area contributed by atoms with Gasteiger partial charge >= 0.3 is 0 Å². The summed E-state index contributed by atoms with van der Waals surface area (Å²) in [5, 5.41) is 0.695. The maximum atomic E-state index is 11.2. The third-order valence-electron chi connectivity index (χ3n) is 3.56. The van der Waals surface area contributed by atoms with Crippen molar-refractivity contribution in [2.75, 3.05) is 18.0 Å². The van der Waals surface area contributed by atoms with E-state index in [0.717, 1.165) is 30.6 Å². The lowest BCUT2D eigenvalue weighted by molar-refractivity contribution is 0.111. The number of nitrogens with zero attached hydrogens (tertiary/aromatic N) is 1. The summed E-state index contributed by atoms with van der Waals surface area (Å²) in [6.07, 6.45) is 0.823. The smallest absolute Gasteiger partial charge is 0.153 e. The van der Waals surface area contributed by atoms with Crippen molar-refractivity contribution in [2.24, 2.45) is 0 Å². The average molecular weight is 318 g/mol. The fourth-order valence-electron chi connectivity index (χ4n) is 2.27. The SMILES string of the molecule is CCN(CC)c1ccc(C=O)c(OCc2ccc(Cl)cc2)c1. The topological polar surface area (TPSA) is 29.5 Å². The Morgan fingerprint density at radius 3 is 2.36 bits per heavy atom. The largest absolute Gasteiger partial charge is 0.488 e. The number of benzene rings is 2. The number of rotatable bonds is 7. The van der Waals surface area contributed by atoms with Crippen LogP contribution >= 0.6 is 11.6 Å². The van der Waals surface area contributed by atoms with Crippen LogP contribution in [0.1, 0.15) is 29.8 Å². The Morgan fingerprint density at radius 1 is 1.09 bits per heavy atom. The Hall–Kier alpha value is -2.00. The van der Waals surface area contributed by atoms with Gasteiger partial charge in [-0.2, -0.15) is 0 Å². The molecule has 22 heavy (non-hydrogen) atoms. The molecule has 2 aromatic rings. The van der Waals surface area contributed by atoms with E-state index in [9.17, 15) is 4.79 Å². The summed E-state index contributed by atoms with van der Waals surface area (Å²) in [4.78, 5) is 13.4. The molecule has 116 valence electrons. The van der Waals surface area contributed by atoms with Crippen molar-refractivity contribution in [3.05, 3.63) is 58.6 Å². The van der Waals surface area contributed by atoms with Crippen molar-refractivity contribution in [1.29, 1.82) is 0 Å². The molecule has 2 aromatic carbocycles. The number of carbonyl (C=O) groups is 1. The molecule has 0 aliphatic carbocycles. The molecule has 0 amide bonds. The minimum Gasteiger partial charge on any atom is -0.488 e. The Labute approximate surface area is 136 Å². The molecule has 0 aromatic heterocycles. The molecule has 0 radical (unpaired) electrons. The molecular formula is C18H20ClNO2. The third kappa shape index (κ3) is 4.01. The fourth-order valence-corrected chi connectivity index (χ4v) is 2.40. The van der Waals surface area contributed by atoms with Crippen molar-refractivity contribution in [3.63, 3.8) is 0 Å². The molecule has 0 atom stereocenters. The van der Waals surface area contributed by atoms with Gasteiger partial charge in [-0.15, -0.1) is 0 Å². The van der Waals surface area contributed by atoms with Gasteiger partial charge in [0.25, 0.3) is 0 Å². The van der Waals surface area contributed by atoms with E-state index in [-0.39, 0.29) is 0 Å². The van der Waals surface area contributed by atoms with Crippen LogP contribution in [-0.4, -0.2) is 19.4 Å². The van der Waals surface area contributed by atoms with Crippen molar-refractivity contribution >= 4 is 23.6 Å². The zero-order chi connectivity index (χ0) is 15.9. The molecule has 0 unspecified atom stereocenters. The first-order valence-corrected chi connectivity index (χ1v) is 7.77. The summed E-state index contributed by atoms with van der Waals surface area (Å²) < 4.78 is 5.83. The maximum absolute atomic E-state index is 11.2. The van der Waals surface area contributed by atoms with Crippen molar-refractivity contribution in [2.45, 2.75) is 20.5 Å². The predicted molar refractivity (Wildman–Crippen MR) is 91.2 cm³/mol. The summed E-state index contributed by atoms with van der Waals surface area (Å²) in [5.74, 6) is 0.606. The quantitative estimate of drug-likeness (QED) is 0.700. The van der Waals surface area contributed by atoms with Crippen LogP contribution in [-0.2, 0) is 6.61 Å². The first-order valence-electron chi connectivity index (χ1n) is 7.39. The Balaban J connectivity index is 2.18. The third-order valence-corrected chi connectivity index (χ3v) is 3.81. The van der Waals surface area contributed by atoms with E-state index in [2.05, 4.69) is 18.7 Å². The molecule has 2 rings (SSSR count). The molecule has 0 spiro atoms.